The van der Waals surface area contributed by atoms with E-state index in [2.05, 4.69) is 16.4 Å². The molecule has 154 valence electrons. The predicted molar refractivity (Wildman–Crippen MR) is 112 cm³/mol. The maximum Gasteiger partial charge on any atom is 0.232 e. The second-order valence-electron chi connectivity index (χ2n) is 8.37. The summed E-state index contributed by atoms with van der Waals surface area (Å²) < 4.78 is 13.5. The lowest BCUT2D eigenvalue weighted by atomic mass is 9.77. The van der Waals surface area contributed by atoms with Gasteiger partial charge in [0.05, 0.1) is 5.41 Å². The van der Waals surface area contributed by atoms with Gasteiger partial charge < -0.3 is 15.2 Å². The van der Waals surface area contributed by atoms with Crippen molar-refractivity contribution in [2.75, 3.05) is 13.1 Å². The van der Waals surface area contributed by atoms with E-state index < -0.39 is 5.41 Å². The van der Waals surface area contributed by atoms with Gasteiger partial charge in [0.25, 0.3) is 0 Å². The zero-order valence-corrected chi connectivity index (χ0v) is 16.7. The predicted octanol–water partition coefficient (Wildman–Crippen LogP) is 3.30. The molecule has 1 aromatic heterocycles. The highest BCUT2D eigenvalue weighted by molar-refractivity contribution is 5.91. The van der Waals surface area contributed by atoms with Crippen LogP contribution < -0.4 is 5.32 Å². The number of rotatable bonds is 5. The maximum absolute atomic E-state index is 13.5. The molecule has 6 heteroatoms. The number of aromatic nitrogens is 1. The van der Waals surface area contributed by atoms with Gasteiger partial charge >= 0.3 is 0 Å². The van der Waals surface area contributed by atoms with E-state index in [0.717, 1.165) is 28.5 Å². The van der Waals surface area contributed by atoms with Crippen LogP contribution in [-0.4, -0.2) is 40.8 Å². The van der Waals surface area contributed by atoms with Crippen LogP contribution in [-0.2, 0) is 21.4 Å². The largest absolute Gasteiger partial charge is 0.361 e. The molecule has 0 bridgehead atoms. The molecule has 30 heavy (non-hydrogen) atoms. The lowest BCUT2D eigenvalue weighted by Crippen LogP contribution is -2.47. The summed E-state index contributed by atoms with van der Waals surface area (Å²) in [6.45, 7) is 0.864. The average Bonchev–Trinajstić information content (AvgIpc) is 3.44. The van der Waals surface area contributed by atoms with Crippen molar-refractivity contribution in [2.45, 2.75) is 37.1 Å². The highest BCUT2D eigenvalue weighted by atomic mass is 19.1. The molecule has 2 amide bonds. The van der Waals surface area contributed by atoms with Gasteiger partial charge in [-0.3, -0.25) is 9.59 Å². The van der Waals surface area contributed by atoms with Crippen molar-refractivity contribution < 1.29 is 14.0 Å². The molecule has 2 aliphatic rings. The highest BCUT2D eigenvalue weighted by Crippen LogP contribution is 2.43. The molecule has 0 spiro atoms. The summed E-state index contributed by atoms with van der Waals surface area (Å²) in [5.74, 6) is -0.310. The first-order chi connectivity index (χ1) is 14.6. The number of para-hydroxylation sites is 1. The van der Waals surface area contributed by atoms with Gasteiger partial charge in [0.1, 0.15) is 5.82 Å². The van der Waals surface area contributed by atoms with Crippen molar-refractivity contribution in [3.05, 3.63) is 71.7 Å². The minimum absolute atomic E-state index is 0.0851. The van der Waals surface area contributed by atoms with E-state index in [-0.39, 0.29) is 23.7 Å². The third kappa shape index (κ3) is 3.07. The van der Waals surface area contributed by atoms with Crippen LogP contribution in [0.1, 0.15) is 30.4 Å². The van der Waals surface area contributed by atoms with Crippen LogP contribution in [0.25, 0.3) is 10.9 Å². The van der Waals surface area contributed by atoms with E-state index in [1.54, 1.807) is 12.1 Å². The number of carbonyl (C=O) groups is 2. The van der Waals surface area contributed by atoms with E-state index in [9.17, 15) is 14.0 Å². The van der Waals surface area contributed by atoms with Gasteiger partial charge in [-0.2, -0.15) is 0 Å². The number of halogens is 1. The summed E-state index contributed by atoms with van der Waals surface area (Å²) in [6.07, 6.45) is 4.61. The molecule has 2 fully saturated rings. The number of aromatic amines is 1. The number of carbonyl (C=O) groups excluding carboxylic acids is 2. The highest BCUT2D eigenvalue weighted by Gasteiger charge is 2.53. The normalized spacial score (nSPS) is 23.2. The molecule has 3 aromatic rings. The summed E-state index contributed by atoms with van der Waals surface area (Å²) in [5.41, 5.74) is 2.19. The minimum atomic E-state index is -0.825. The number of hydrogen-bond donors (Lipinski definition) is 2. The molecule has 5 nitrogen and oxygen atoms in total. The lowest BCUT2D eigenvalue weighted by Gasteiger charge is -2.29. The average molecular weight is 405 g/mol. The zero-order chi connectivity index (χ0) is 20.7. The minimum Gasteiger partial charge on any atom is -0.361 e. The van der Waals surface area contributed by atoms with Crippen LogP contribution in [0.5, 0.6) is 0 Å². The Bertz CT molecular complexity index is 1110. The summed E-state index contributed by atoms with van der Waals surface area (Å²) in [4.78, 5) is 30.8. The molecule has 3 heterocycles. The van der Waals surface area contributed by atoms with Crippen LogP contribution in [0.3, 0.4) is 0 Å². The van der Waals surface area contributed by atoms with Gasteiger partial charge in [0, 0.05) is 42.7 Å². The molecule has 0 aliphatic carbocycles. The Morgan fingerprint density at radius 3 is 2.80 bits per heavy atom. The van der Waals surface area contributed by atoms with Gasteiger partial charge in [0.15, 0.2) is 0 Å². The van der Waals surface area contributed by atoms with Gasteiger partial charge in [0.2, 0.25) is 11.8 Å². The standard InChI is InChI=1S/C24H24FN3O2/c25-18-7-5-17(6-8-18)24(13-19-9-10-22(29)28(19)15-24)23(30)26-12-11-16-14-27-21-4-2-1-3-20(16)21/h1-8,14,19,27H,9-13,15H2,(H,26,30)/t19-,24-/m0/s1. The maximum atomic E-state index is 13.5. The second kappa shape index (κ2) is 7.27. The number of hydrogen-bond acceptors (Lipinski definition) is 2. The Labute approximate surface area is 174 Å². The van der Waals surface area contributed by atoms with Crippen molar-refractivity contribution in [3.63, 3.8) is 0 Å². The molecule has 2 aromatic carbocycles. The van der Waals surface area contributed by atoms with Crippen molar-refractivity contribution in [1.82, 2.24) is 15.2 Å². The SMILES string of the molecule is O=C1CC[C@H]2C[C@@](C(=O)NCCc3c[nH]c4ccccc34)(c3ccc(F)cc3)CN12. The molecule has 2 N–H and O–H groups in total. The topological polar surface area (TPSA) is 65.2 Å². The van der Waals surface area contributed by atoms with Crippen LogP contribution in [0.15, 0.2) is 54.7 Å². The molecule has 5 rings (SSSR count). The number of amides is 2. The summed E-state index contributed by atoms with van der Waals surface area (Å²) in [7, 11) is 0. The van der Waals surface area contributed by atoms with Gasteiger partial charge in [-0.1, -0.05) is 30.3 Å². The van der Waals surface area contributed by atoms with Crippen LogP contribution in [0.4, 0.5) is 4.39 Å². The lowest BCUT2D eigenvalue weighted by molar-refractivity contribution is -0.129. The summed E-state index contributed by atoms with van der Waals surface area (Å²) >= 11 is 0. The number of H-pyrrole nitrogens is 1. The summed E-state index contributed by atoms with van der Waals surface area (Å²) in [6, 6.07) is 14.3. The van der Waals surface area contributed by atoms with E-state index in [4.69, 9.17) is 0 Å². The first kappa shape index (κ1) is 18.9. The Morgan fingerprint density at radius 2 is 2.00 bits per heavy atom. The third-order valence-corrected chi connectivity index (χ3v) is 6.66. The van der Waals surface area contributed by atoms with E-state index in [1.165, 1.54) is 12.1 Å². The Kier molecular flexibility index (Phi) is 4.57. The number of nitrogens with zero attached hydrogens (tertiary/aromatic N) is 1. The van der Waals surface area contributed by atoms with E-state index in [1.807, 2.05) is 29.3 Å². The van der Waals surface area contributed by atoms with Crippen molar-refractivity contribution in [1.29, 1.82) is 0 Å². The number of fused-ring (bicyclic) bond motifs is 2. The molecular weight excluding hydrogens is 381 g/mol. The van der Waals surface area contributed by atoms with Crippen molar-refractivity contribution in [3.8, 4) is 0 Å². The number of nitrogens with one attached hydrogen (secondary N) is 2. The van der Waals surface area contributed by atoms with Crippen molar-refractivity contribution >= 4 is 22.7 Å². The number of benzene rings is 2. The van der Waals surface area contributed by atoms with Gasteiger partial charge in [-0.05, 0) is 48.6 Å². The molecule has 0 saturated carbocycles. The Hall–Kier alpha value is -3.15. The molecule has 0 unspecified atom stereocenters. The van der Waals surface area contributed by atoms with Crippen LogP contribution in [0.2, 0.25) is 0 Å². The fourth-order valence-corrected chi connectivity index (χ4v) is 5.07. The fourth-order valence-electron chi connectivity index (χ4n) is 5.07. The van der Waals surface area contributed by atoms with Gasteiger partial charge in [-0.25, -0.2) is 4.39 Å². The van der Waals surface area contributed by atoms with E-state index >= 15 is 0 Å². The zero-order valence-electron chi connectivity index (χ0n) is 16.7. The first-order valence-corrected chi connectivity index (χ1v) is 10.5. The monoisotopic (exact) mass is 405 g/mol. The molecule has 0 radical (unpaired) electrons. The summed E-state index contributed by atoms with van der Waals surface area (Å²) in [5, 5.41) is 4.26. The smallest absolute Gasteiger partial charge is 0.232 e. The van der Waals surface area contributed by atoms with Gasteiger partial charge in [-0.15, -0.1) is 0 Å². The Morgan fingerprint density at radius 1 is 1.20 bits per heavy atom. The molecule has 2 saturated heterocycles. The second-order valence-corrected chi connectivity index (χ2v) is 8.37. The third-order valence-electron chi connectivity index (χ3n) is 6.66. The molecular formula is C24H24FN3O2. The van der Waals surface area contributed by atoms with Crippen LogP contribution >= 0.6 is 0 Å². The first-order valence-electron chi connectivity index (χ1n) is 10.5. The fraction of sp³-hybridized carbons (Fsp3) is 0.333. The van der Waals surface area contributed by atoms with E-state index in [0.29, 0.717) is 32.4 Å². The van der Waals surface area contributed by atoms with Crippen LogP contribution in [0, 0.1) is 5.82 Å². The molecule has 2 atom stereocenters. The van der Waals surface area contributed by atoms with Crippen molar-refractivity contribution in [2.24, 2.45) is 0 Å². The molecule has 2 aliphatic heterocycles. The quantitative estimate of drug-likeness (QED) is 0.684. The Balaban J connectivity index is 1.36.